The molecule has 0 aliphatic carbocycles. The smallest absolute Gasteiger partial charge is 0.191 e. The lowest BCUT2D eigenvalue weighted by molar-refractivity contribution is 0.182. The molecule has 1 aromatic carbocycles. The molecule has 0 aromatic heterocycles. The Labute approximate surface area is 164 Å². The van der Waals surface area contributed by atoms with Crippen molar-refractivity contribution in [1.82, 2.24) is 15.5 Å². The number of aryl methyl sites for hydroxylation is 1. The summed E-state index contributed by atoms with van der Waals surface area (Å²) in [4.78, 5) is 7.21. The van der Waals surface area contributed by atoms with E-state index in [4.69, 9.17) is 0 Å². The third kappa shape index (κ3) is 7.14. The summed E-state index contributed by atoms with van der Waals surface area (Å²) in [5.74, 6) is 1.59. The molecule has 7 heteroatoms. The van der Waals surface area contributed by atoms with Crippen LogP contribution in [-0.2, 0) is 16.4 Å². The third-order valence-corrected chi connectivity index (χ3v) is 6.26. The van der Waals surface area contributed by atoms with Crippen LogP contribution in [0.15, 0.2) is 28.1 Å². The lowest BCUT2D eigenvalue weighted by atomic mass is 10.0. The van der Waals surface area contributed by atoms with Crippen LogP contribution >= 0.6 is 0 Å². The molecule has 1 heterocycles. The molecular formula is C20H34N4O2S. The fraction of sp³-hybridized carbons (Fsp3) is 0.650. The van der Waals surface area contributed by atoms with Gasteiger partial charge in [-0.25, -0.2) is 8.42 Å². The molecule has 0 saturated carbocycles. The Morgan fingerprint density at radius 2 is 2.11 bits per heavy atom. The van der Waals surface area contributed by atoms with Crippen LogP contribution in [0.5, 0.6) is 0 Å². The van der Waals surface area contributed by atoms with Gasteiger partial charge in [0, 0.05) is 32.9 Å². The Morgan fingerprint density at radius 3 is 2.74 bits per heavy atom. The van der Waals surface area contributed by atoms with E-state index in [9.17, 15) is 8.42 Å². The summed E-state index contributed by atoms with van der Waals surface area (Å²) < 4.78 is 23.4. The maximum absolute atomic E-state index is 11.7. The van der Waals surface area contributed by atoms with E-state index < -0.39 is 9.84 Å². The summed E-state index contributed by atoms with van der Waals surface area (Å²) in [7, 11) is -1.41. The molecule has 0 spiro atoms. The molecule has 0 bridgehead atoms. The third-order valence-electron chi connectivity index (χ3n) is 5.01. The highest BCUT2D eigenvalue weighted by Gasteiger charge is 2.15. The molecule has 1 unspecified atom stereocenters. The van der Waals surface area contributed by atoms with Gasteiger partial charge in [-0.05, 0) is 62.4 Å². The minimum Gasteiger partial charge on any atom is -0.356 e. The van der Waals surface area contributed by atoms with E-state index in [1.165, 1.54) is 32.2 Å². The molecule has 6 nitrogen and oxygen atoms in total. The minimum atomic E-state index is -3.17. The number of hydrogen-bond acceptors (Lipinski definition) is 4. The second-order valence-electron chi connectivity index (χ2n) is 7.63. The second kappa shape index (κ2) is 10.1. The van der Waals surface area contributed by atoms with E-state index in [2.05, 4.69) is 27.4 Å². The van der Waals surface area contributed by atoms with Crippen molar-refractivity contribution in [2.24, 2.45) is 10.9 Å². The van der Waals surface area contributed by atoms with Crippen molar-refractivity contribution < 1.29 is 8.42 Å². The van der Waals surface area contributed by atoms with Crippen LogP contribution in [0.4, 0.5) is 0 Å². The average Bonchev–Trinajstić information content (AvgIpc) is 2.60. The zero-order valence-corrected chi connectivity index (χ0v) is 17.9. The van der Waals surface area contributed by atoms with Crippen LogP contribution < -0.4 is 10.6 Å². The quantitative estimate of drug-likeness (QED) is 0.421. The first-order valence-electron chi connectivity index (χ1n) is 9.76. The van der Waals surface area contributed by atoms with Gasteiger partial charge in [0.05, 0.1) is 4.90 Å². The molecule has 152 valence electrons. The Kier molecular flexibility index (Phi) is 8.10. The molecule has 27 heavy (non-hydrogen) atoms. The van der Waals surface area contributed by atoms with E-state index in [0.717, 1.165) is 42.5 Å². The zero-order valence-electron chi connectivity index (χ0n) is 17.1. The summed E-state index contributed by atoms with van der Waals surface area (Å²) in [5, 5.41) is 6.65. The molecule has 2 N–H and O–H groups in total. The van der Waals surface area contributed by atoms with Gasteiger partial charge in [0.1, 0.15) is 0 Å². The van der Waals surface area contributed by atoms with Crippen LogP contribution in [0, 0.1) is 12.8 Å². The average molecular weight is 395 g/mol. The fourth-order valence-electron chi connectivity index (χ4n) is 3.64. The van der Waals surface area contributed by atoms with Gasteiger partial charge >= 0.3 is 0 Å². The molecule has 1 fully saturated rings. The van der Waals surface area contributed by atoms with Crippen molar-refractivity contribution >= 4 is 15.8 Å². The molecule has 1 aliphatic heterocycles. The summed E-state index contributed by atoms with van der Waals surface area (Å²) in [6.07, 6.45) is 5.00. The first kappa shape index (κ1) is 21.7. The lowest BCUT2D eigenvalue weighted by Crippen LogP contribution is -2.39. The SMILES string of the molecule is CN=C(NCCCN1CCCC(C)C1)NCc1ccc(S(C)(=O)=O)c(C)c1. The van der Waals surface area contributed by atoms with E-state index in [0.29, 0.717) is 11.4 Å². The molecule has 1 atom stereocenters. The largest absolute Gasteiger partial charge is 0.356 e. The number of guanidine groups is 1. The van der Waals surface area contributed by atoms with Crippen molar-refractivity contribution in [2.45, 2.75) is 44.6 Å². The van der Waals surface area contributed by atoms with E-state index in [1.807, 2.05) is 19.1 Å². The maximum Gasteiger partial charge on any atom is 0.191 e. The highest BCUT2D eigenvalue weighted by Crippen LogP contribution is 2.17. The van der Waals surface area contributed by atoms with Crippen LogP contribution in [0.25, 0.3) is 0 Å². The van der Waals surface area contributed by atoms with Crippen molar-refractivity contribution in [1.29, 1.82) is 0 Å². The first-order valence-corrected chi connectivity index (χ1v) is 11.6. The highest BCUT2D eigenvalue weighted by atomic mass is 32.2. The fourth-order valence-corrected chi connectivity index (χ4v) is 4.60. The molecule has 0 amide bonds. The highest BCUT2D eigenvalue weighted by molar-refractivity contribution is 7.90. The zero-order chi connectivity index (χ0) is 19.9. The standard InChI is InChI=1S/C20H34N4O2S/c1-16-7-5-11-24(15-16)12-6-10-22-20(21-3)23-14-18-8-9-19(17(2)13-18)27(4,25)26/h8-9,13,16H,5-7,10-12,14-15H2,1-4H3,(H2,21,22,23). The molecular weight excluding hydrogens is 360 g/mol. The van der Waals surface area contributed by atoms with Crippen molar-refractivity contribution in [3.63, 3.8) is 0 Å². The van der Waals surface area contributed by atoms with E-state index in [-0.39, 0.29) is 0 Å². The maximum atomic E-state index is 11.7. The van der Waals surface area contributed by atoms with Crippen molar-refractivity contribution in [3.8, 4) is 0 Å². The van der Waals surface area contributed by atoms with Crippen molar-refractivity contribution in [3.05, 3.63) is 29.3 Å². The normalized spacial score (nSPS) is 19.1. The van der Waals surface area contributed by atoms with E-state index in [1.54, 1.807) is 13.1 Å². The van der Waals surface area contributed by atoms with Gasteiger partial charge < -0.3 is 15.5 Å². The number of sulfone groups is 1. The van der Waals surface area contributed by atoms with Crippen molar-refractivity contribution in [2.75, 3.05) is 39.5 Å². The topological polar surface area (TPSA) is 73.8 Å². The monoisotopic (exact) mass is 394 g/mol. The minimum absolute atomic E-state index is 0.390. The van der Waals surface area contributed by atoms with Gasteiger partial charge in [0.25, 0.3) is 0 Å². The molecule has 0 radical (unpaired) electrons. The van der Waals surface area contributed by atoms with Crippen LogP contribution in [0.3, 0.4) is 0 Å². The summed E-state index contributed by atoms with van der Waals surface area (Å²) in [6.45, 7) is 9.22. The molecule has 1 saturated heterocycles. The van der Waals surface area contributed by atoms with Gasteiger partial charge in [-0.2, -0.15) is 0 Å². The Bertz CT molecular complexity index is 746. The lowest BCUT2D eigenvalue weighted by Gasteiger charge is -2.30. The number of benzene rings is 1. The van der Waals surface area contributed by atoms with E-state index >= 15 is 0 Å². The molecule has 1 aromatic rings. The molecule has 2 rings (SSSR count). The summed E-state index contributed by atoms with van der Waals surface area (Å²) in [6, 6.07) is 5.44. The Hall–Kier alpha value is -1.60. The van der Waals surface area contributed by atoms with Crippen LogP contribution in [-0.4, -0.2) is 58.8 Å². The predicted octanol–water partition coefficient (Wildman–Crippen LogP) is 2.19. The Morgan fingerprint density at radius 1 is 1.33 bits per heavy atom. The van der Waals surface area contributed by atoms with Gasteiger partial charge in [-0.3, -0.25) is 4.99 Å². The number of nitrogens with zero attached hydrogens (tertiary/aromatic N) is 2. The van der Waals surface area contributed by atoms with Gasteiger partial charge in [0.2, 0.25) is 0 Å². The predicted molar refractivity (Wildman–Crippen MR) is 112 cm³/mol. The number of nitrogens with one attached hydrogen (secondary N) is 2. The van der Waals surface area contributed by atoms with Gasteiger partial charge in [-0.1, -0.05) is 19.1 Å². The number of hydrogen-bond donors (Lipinski definition) is 2. The number of likely N-dealkylation sites (tertiary alicyclic amines) is 1. The Balaban J connectivity index is 1.74. The van der Waals surface area contributed by atoms with Crippen LogP contribution in [0.1, 0.15) is 37.3 Å². The number of aliphatic imine (C=N–C) groups is 1. The first-order chi connectivity index (χ1) is 12.8. The second-order valence-corrected chi connectivity index (χ2v) is 9.61. The summed E-state index contributed by atoms with van der Waals surface area (Å²) in [5.41, 5.74) is 1.81. The van der Waals surface area contributed by atoms with Gasteiger partial charge in [0.15, 0.2) is 15.8 Å². The number of rotatable bonds is 7. The number of piperidine rings is 1. The van der Waals surface area contributed by atoms with Gasteiger partial charge in [-0.15, -0.1) is 0 Å². The van der Waals surface area contributed by atoms with Crippen LogP contribution in [0.2, 0.25) is 0 Å². The molecule has 1 aliphatic rings. The summed E-state index contributed by atoms with van der Waals surface area (Å²) >= 11 is 0.